The van der Waals surface area contributed by atoms with Crippen molar-refractivity contribution in [3.8, 4) is 29.0 Å². The van der Waals surface area contributed by atoms with Gasteiger partial charge in [0.2, 0.25) is 17.7 Å². The van der Waals surface area contributed by atoms with Crippen LogP contribution in [0.4, 0.5) is 0 Å². The molecule has 2 aromatic carbocycles. The third kappa shape index (κ3) is 5.40. The molecule has 2 aliphatic heterocycles. The van der Waals surface area contributed by atoms with E-state index in [1.54, 1.807) is 7.11 Å². The molecule has 2 fully saturated rings. The van der Waals surface area contributed by atoms with Crippen molar-refractivity contribution < 1.29 is 19.3 Å². The molecule has 1 saturated carbocycles. The highest BCUT2D eigenvalue weighted by Crippen LogP contribution is 2.45. The first-order valence-corrected chi connectivity index (χ1v) is 17.0. The summed E-state index contributed by atoms with van der Waals surface area (Å²) in [5.74, 6) is 1.28. The minimum atomic E-state index is -0.397. The van der Waals surface area contributed by atoms with Crippen LogP contribution in [0.5, 0.6) is 11.8 Å². The summed E-state index contributed by atoms with van der Waals surface area (Å²) in [6, 6.07) is 16.2. The number of β-amino-alcohol motifs (C(OH)–C–C–N with tert-alkyl or cyclic N) is 1. The van der Waals surface area contributed by atoms with Gasteiger partial charge in [-0.2, -0.15) is 10.2 Å². The maximum Gasteiger partial charge on any atom is 0.236 e. The maximum absolute atomic E-state index is 9.98. The van der Waals surface area contributed by atoms with E-state index in [2.05, 4.69) is 34.2 Å². The van der Waals surface area contributed by atoms with Crippen LogP contribution in [-0.4, -0.2) is 59.3 Å². The fraction of sp³-hybridized carbons (Fsp3) is 0.378. The third-order valence-electron chi connectivity index (χ3n) is 9.98. The number of fused-ring (bicyclic) bond motifs is 3. The number of ether oxygens (including phenoxy) is 3. The highest BCUT2D eigenvalue weighted by atomic mass is 35.5. The fourth-order valence-corrected chi connectivity index (χ4v) is 8.30. The van der Waals surface area contributed by atoms with Crippen LogP contribution in [0.25, 0.3) is 11.1 Å². The second-order valence-corrected chi connectivity index (χ2v) is 13.6. The summed E-state index contributed by atoms with van der Waals surface area (Å²) in [7, 11) is 1.59. The lowest BCUT2D eigenvalue weighted by Crippen LogP contribution is -2.27. The Hall–Kier alpha value is -3.87. The lowest BCUT2D eigenvalue weighted by atomic mass is 9.88. The van der Waals surface area contributed by atoms with Crippen LogP contribution < -0.4 is 9.47 Å². The van der Waals surface area contributed by atoms with Gasteiger partial charge < -0.3 is 19.3 Å². The molecule has 3 aromatic rings. The van der Waals surface area contributed by atoms with E-state index in [1.165, 1.54) is 11.1 Å². The van der Waals surface area contributed by atoms with E-state index in [-0.39, 0.29) is 18.2 Å². The number of likely N-dealkylation sites (tertiary alicyclic amines) is 1. The SMILES string of the molecule is COc1nc(O[C@H]2CCc3c(-c4cccc(C5=NC6C=C7CCCC7=C(C#N)C6O5)c4Cl)cccc32)c(Cl)cc1CN1CC[C@@H](O)C1. The lowest BCUT2D eigenvalue weighted by molar-refractivity contribution is 0.174. The largest absolute Gasteiger partial charge is 0.481 e. The van der Waals surface area contributed by atoms with Crippen LogP contribution in [0.3, 0.4) is 0 Å². The van der Waals surface area contributed by atoms with Gasteiger partial charge in [0, 0.05) is 30.8 Å². The maximum atomic E-state index is 9.98. The molecule has 1 N–H and O–H groups in total. The number of benzene rings is 2. The van der Waals surface area contributed by atoms with E-state index in [0.717, 1.165) is 78.5 Å². The van der Waals surface area contributed by atoms with Crippen molar-refractivity contribution in [3.05, 3.63) is 97.6 Å². The normalized spacial score (nSPS) is 24.7. The zero-order valence-electron chi connectivity index (χ0n) is 26.0. The molecule has 3 aliphatic carbocycles. The number of aliphatic hydroxyl groups excluding tert-OH is 1. The van der Waals surface area contributed by atoms with Gasteiger partial charge in [0.1, 0.15) is 17.2 Å². The highest BCUT2D eigenvalue weighted by Gasteiger charge is 2.40. The van der Waals surface area contributed by atoms with Crippen molar-refractivity contribution in [2.75, 3.05) is 20.2 Å². The monoisotopic (exact) mass is 668 g/mol. The summed E-state index contributed by atoms with van der Waals surface area (Å²) >= 11 is 13.9. The third-order valence-corrected chi connectivity index (χ3v) is 10.7. The molecule has 0 spiro atoms. The summed E-state index contributed by atoms with van der Waals surface area (Å²) in [5.41, 5.74) is 8.82. The van der Waals surface area contributed by atoms with Crippen molar-refractivity contribution in [2.45, 2.75) is 69.4 Å². The fourth-order valence-electron chi connectivity index (χ4n) is 7.77. The average Bonchev–Trinajstić information content (AvgIpc) is 3.88. The molecule has 5 aliphatic rings. The predicted molar refractivity (Wildman–Crippen MR) is 180 cm³/mol. The molecule has 1 saturated heterocycles. The van der Waals surface area contributed by atoms with Crippen LogP contribution in [0.15, 0.2) is 70.3 Å². The summed E-state index contributed by atoms with van der Waals surface area (Å²) in [6.07, 6.45) is 6.52. The van der Waals surface area contributed by atoms with E-state index in [4.69, 9.17) is 42.4 Å². The standard InChI is InChI=1S/C37H34Cl2N4O4/c1-45-35-21(18-43-14-13-22(44)19-43)15-30(38)37(42-35)46-32-12-11-25-24(7-3-8-26(25)32)27-9-4-10-28(33(27)39)36-41-31-16-20-5-2-6-23(20)29(17-40)34(31)47-36/h3-4,7-10,15-16,22,31-32,34,44H,2,5-6,11-14,18-19H2,1H3/t22-,31?,32+,34?/m1/s1. The Balaban J connectivity index is 1.06. The van der Waals surface area contributed by atoms with Crippen LogP contribution in [0, 0.1) is 11.3 Å². The quantitative estimate of drug-likeness (QED) is 0.285. The molecule has 3 heterocycles. The number of allylic oxidation sites excluding steroid dienone is 2. The number of nitrogens with zero attached hydrogens (tertiary/aromatic N) is 4. The second kappa shape index (κ2) is 12.3. The van der Waals surface area contributed by atoms with Gasteiger partial charge in [-0.05, 0) is 78.5 Å². The topological polar surface area (TPSA) is 100 Å². The van der Waals surface area contributed by atoms with Crippen LogP contribution in [0.1, 0.15) is 60.5 Å². The lowest BCUT2D eigenvalue weighted by Gasteiger charge is -2.22. The molecular formula is C37H34Cl2N4O4. The van der Waals surface area contributed by atoms with Crippen molar-refractivity contribution in [3.63, 3.8) is 0 Å². The molecule has 10 heteroatoms. The number of halogens is 2. The van der Waals surface area contributed by atoms with Gasteiger partial charge in [-0.25, -0.2) is 4.99 Å². The number of methoxy groups -OCH3 is 1. The van der Waals surface area contributed by atoms with Crippen molar-refractivity contribution >= 4 is 29.1 Å². The Bertz CT molecular complexity index is 1910. The Kier molecular flexibility index (Phi) is 7.97. The number of nitriles is 1. The number of hydrogen-bond acceptors (Lipinski definition) is 8. The van der Waals surface area contributed by atoms with Gasteiger partial charge in [-0.15, -0.1) is 0 Å². The smallest absolute Gasteiger partial charge is 0.236 e. The van der Waals surface area contributed by atoms with Crippen molar-refractivity contribution in [2.24, 2.45) is 4.99 Å². The number of hydrogen-bond donors (Lipinski definition) is 1. The van der Waals surface area contributed by atoms with E-state index < -0.39 is 6.10 Å². The van der Waals surface area contributed by atoms with E-state index in [9.17, 15) is 10.4 Å². The van der Waals surface area contributed by atoms with Crippen molar-refractivity contribution in [1.82, 2.24) is 9.88 Å². The molecule has 47 heavy (non-hydrogen) atoms. The van der Waals surface area contributed by atoms with Gasteiger partial charge in [-0.1, -0.05) is 59.6 Å². The van der Waals surface area contributed by atoms with E-state index in [1.807, 2.05) is 30.3 Å². The molecule has 2 unspecified atom stereocenters. The van der Waals surface area contributed by atoms with Gasteiger partial charge in [-0.3, -0.25) is 4.90 Å². The number of aromatic nitrogens is 1. The minimum absolute atomic E-state index is 0.212. The van der Waals surface area contributed by atoms with Crippen LogP contribution >= 0.6 is 23.2 Å². The summed E-state index contributed by atoms with van der Waals surface area (Å²) in [5, 5.41) is 20.9. The summed E-state index contributed by atoms with van der Waals surface area (Å²) in [6.45, 7) is 2.03. The number of aliphatic imine (C=N–C) groups is 1. The minimum Gasteiger partial charge on any atom is -0.481 e. The first kappa shape index (κ1) is 30.5. The van der Waals surface area contributed by atoms with Gasteiger partial charge in [0.25, 0.3) is 0 Å². The van der Waals surface area contributed by atoms with E-state index in [0.29, 0.717) is 46.4 Å². The zero-order chi connectivity index (χ0) is 32.2. The molecule has 240 valence electrons. The average molecular weight is 670 g/mol. The first-order chi connectivity index (χ1) is 22.9. The highest BCUT2D eigenvalue weighted by molar-refractivity contribution is 6.36. The molecule has 0 amide bonds. The van der Waals surface area contributed by atoms with Crippen LogP contribution in [-0.2, 0) is 17.7 Å². The summed E-state index contributed by atoms with van der Waals surface area (Å²) < 4.78 is 18.5. The Morgan fingerprint density at radius 2 is 1.89 bits per heavy atom. The molecule has 8 rings (SSSR count). The summed E-state index contributed by atoms with van der Waals surface area (Å²) in [4.78, 5) is 11.7. The van der Waals surface area contributed by atoms with Crippen LogP contribution in [0.2, 0.25) is 10.0 Å². The molecule has 0 bridgehead atoms. The van der Waals surface area contributed by atoms with Gasteiger partial charge >= 0.3 is 0 Å². The second-order valence-electron chi connectivity index (χ2n) is 12.8. The van der Waals surface area contributed by atoms with Crippen molar-refractivity contribution in [1.29, 1.82) is 5.26 Å². The predicted octanol–water partition coefficient (Wildman–Crippen LogP) is 7.15. The molecular weight excluding hydrogens is 635 g/mol. The molecule has 0 radical (unpaired) electrons. The number of pyridine rings is 1. The number of rotatable bonds is 7. The molecule has 1 aromatic heterocycles. The molecule has 8 nitrogen and oxygen atoms in total. The molecule has 4 atom stereocenters. The van der Waals surface area contributed by atoms with Gasteiger partial charge in [0.05, 0.1) is 35.4 Å². The number of aliphatic hydroxyl groups is 1. The zero-order valence-corrected chi connectivity index (χ0v) is 27.5. The Morgan fingerprint density at radius 1 is 1.06 bits per heavy atom. The first-order valence-electron chi connectivity index (χ1n) is 16.2. The Labute approximate surface area is 283 Å². The van der Waals surface area contributed by atoms with Gasteiger partial charge in [0.15, 0.2) is 6.10 Å². The van der Waals surface area contributed by atoms with E-state index >= 15 is 0 Å². The Morgan fingerprint density at radius 3 is 2.70 bits per heavy atom.